The maximum atomic E-state index is 12.9. The summed E-state index contributed by atoms with van der Waals surface area (Å²) in [5.41, 5.74) is 1.58. The number of sulfonamides is 1. The van der Waals surface area contributed by atoms with Gasteiger partial charge in [0.1, 0.15) is 0 Å². The molecule has 2 aromatic carbocycles. The molecular formula is C16H17NO3S. The molecule has 1 saturated heterocycles. The van der Waals surface area contributed by atoms with Crippen molar-refractivity contribution in [3.05, 3.63) is 60.2 Å². The van der Waals surface area contributed by atoms with Gasteiger partial charge in [-0.2, -0.15) is 0 Å². The normalized spacial score (nSPS) is 17.5. The van der Waals surface area contributed by atoms with Crippen LogP contribution in [-0.4, -0.2) is 27.7 Å². The molecule has 1 unspecified atom stereocenters. The van der Waals surface area contributed by atoms with Crippen LogP contribution in [-0.2, 0) is 14.8 Å². The summed E-state index contributed by atoms with van der Waals surface area (Å²) in [6.45, 7) is 2.85. The second-order valence-corrected chi connectivity index (χ2v) is 7.01. The quantitative estimate of drug-likeness (QED) is 0.798. The van der Waals surface area contributed by atoms with Crippen LogP contribution in [0.3, 0.4) is 0 Å². The summed E-state index contributed by atoms with van der Waals surface area (Å²) in [6, 6.07) is 16.1. The number of hydrogen-bond acceptors (Lipinski definition) is 3. The van der Waals surface area contributed by atoms with Crippen molar-refractivity contribution in [2.45, 2.75) is 17.9 Å². The molecular weight excluding hydrogens is 286 g/mol. The van der Waals surface area contributed by atoms with E-state index in [1.54, 1.807) is 30.3 Å². The van der Waals surface area contributed by atoms with Crippen molar-refractivity contribution in [2.24, 2.45) is 0 Å². The summed E-state index contributed by atoms with van der Waals surface area (Å²) < 4.78 is 32.5. The van der Waals surface area contributed by atoms with E-state index in [0.29, 0.717) is 23.7 Å². The molecule has 5 heteroatoms. The van der Waals surface area contributed by atoms with Crippen LogP contribution in [0.15, 0.2) is 59.5 Å². The first-order valence-corrected chi connectivity index (χ1v) is 8.27. The van der Waals surface area contributed by atoms with Crippen molar-refractivity contribution in [3.63, 3.8) is 0 Å². The van der Waals surface area contributed by atoms with Gasteiger partial charge in [0.15, 0.2) is 0 Å². The monoisotopic (exact) mass is 303 g/mol. The van der Waals surface area contributed by atoms with Crippen LogP contribution in [0.2, 0.25) is 0 Å². The predicted octanol–water partition coefficient (Wildman–Crippen LogP) is 2.59. The van der Waals surface area contributed by atoms with Crippen LogP contribution in [0.5, 0.6) is 0 Å². The number of ether oxygens (including phenoxy) is 1. The van der Waals surface area contributed by atoms with E-state index in [1.165, 1.54) is 4.31 Å². The van der Waals surface area contributed by atoms with E-state index in [4.69, 9.17) is 4.74 Å². The highest BCUT2D eigenvalue weighted by Gasteiger charge is 2.32. The first-order chi connectivity index (χ1) is 10.1. The SMILES string of the molecule is Cc1cccc(S(=O)(=O)N(CC2CO2)c2ccccc2)c1. The number of nitrogens with zero attached hydrogens (tertiary/aromatic N) is 1. The molecule has 1 fully saturated rings. The summed E-state index contributed by atoms with van der Waals surface area (Å²) >= 11 is 0. The molecule has 1 heterocycles. The zero-order chi connectivity index (χ0) is 14.9. The molecule has 4 nitrogen and oxygen atoms in total. The number of epoxide rings is 1. The second-order valence-electron chi connectivity index (χ2n) is 5.14. The van der Waals surface area contributed by atoms with Crippen LogP contribution < -0.4 is 4.31 Å². The summed E-state index contributed by atoms with van der Waals surface area (Å²) in [5, 5.41) is 0. The molecule has 3 rings (SSSR count). The minimum absolute atomic E-state index is 0.00945. The Balaban J connectivity index is 2.02. The minimum Gasteiger partial charge on any atom is -0.371 e. The fourth-order valence-corrected chi connectivity index (χ4v) is 3.80. The molecule has 0 radical (unpaired) electrons. The second kappa shape index (κ2) is 5.50. The van der Waals surface area contributed by atoms with Crippen LogP contribution in [0.1, 0.15) is 5.56 Å². The lowest BCUT2D eigenvalue weighted by Gasteiger charge is -2.24. The molecule has 2 aromatic rings. The molecule has 0 spiro atoms. The molecule has 0 saturated carbocycles. The topological polar surface area (TPSA) is 49.9 Å². The minimum atomic E-state index is -3.58. The molecule has 21 heavy (non-hydrogen) atoms. The van der Waals surface area contributed by atoms with E-state index in [9.17, 15) is 8.42 Å². The smallest absolute Gasteiger partial charge is 0.264 e. The van der Waals surface area contributed by atoms with Crippen molar-refractivity contribution in [3.8, 4) is 0 Å². The number of hydrogen-bond donors (Lipinski definition) is 0. The standard InChI is InChI=1S/C16H17NO3S/c1-13-6-5-9-16(10-13)21(18,19)17(11-15-12-20-15)14-7-3-2-4-8-14/h2-10,15H,11-12H2,1H3. The zero-order valence-electron chi connectivity index (χ0n) is 11.8. The van der Waals surface area contributed by atoms with Gasteiger partial charge in [-0.25, -0.2) is 8.42 Å². The van der Waals surface area contributed by atoms with Gasteiger partial charge in [0, 0.05) is 0 Å². The van der Waals surface area contributed by atoms with Gasteiger partial charge in [0.2, 0.25) is 0 Å². The molecule has 1 aliphatic heterocycles. The van der Waals surface area contributed by atoms with Crippen LogP contribution in [0.4, 0.5) is 5.69 Å². The Bertz CT molecular complexity index is 724. The first kappa shape index (κ1) is 14.1. The lowest BCUT2D eigenvalue weighted by molar-refractivity contribution is 0.412. The summed E-state index contributed by atoms with van der Waals surface area (Å²) in [4.78, 5) is 0.312. The summed E-state index contributed by atoms with van der Waals surface area (Å²) in [7, 11) is -3.58. The molecule has 0 amide bonds. The Morgan fingerprint density at radius 3 is 2.48 bits per heavy atom. The fraction of sp³-hybridized carbons (Fsp3) is 0.250. The van der Waals surface area contributed by atoms with Crippen molar-refractivity contribution in [1.82, 2.24) is 0 Å². The summed E-state index contributed by atoms with van der Waals surface area (Å²) in [6.07, 6.45) is -0.00945. The van der Waals surface area contributed by atoms with E-state index in [1.807, 2.05) is 31.2 Å². The predicted molar refractivity (Wildman–Crippen MR) is 81.9 cm³/mol. The molecule has 0 aliphatic carbocycles. The molecule has 1 aliphatic rings. The third kappa shape index (κ3) is 3.09. The van der Waals surface area contributed by atoms with Gasteiger partial charge >= 0.3 is 0 Å². The van der Waals surface area contributed by atoms with E-state index in [-0.39, 0.29) is 6.10 Å². The van der Waals surface area contributed by atoms with Gasteiger partial charge in [-0.05, 0) is 36.8 Å². The van der Waals surface area contributed by atoms with Crippen LogP contribution in [0.25, 0.3) is 0 Å². The molecule has 0 aromatic heterocycles. The van der Waals surface area contributed by atoms with Gasteiger partial charge in [-0.15, -0.1) is 0 Å². The average Bonchev–Trinajstić information content (AvgIpc) is 3.29. The number of benzene rings is 2. The van der Waals surface area contributed by atoms with Gasteiger partial charge in [-0.3, -0.25) is 4.31 Å². The zero-order valence-corrected chi connectivity index (χ0v) is 12.6. The third-order valence-electron chi connectivity index (χ3n) is 3.39. The van der Waals surface area contributed by atoms with E-state index in [0.717, 1.165) is 5.56 Å². The Kier molecular flexibility index (Phi) is 3.69. The lowest BCUT2D eigenvalue weighted by Crippen LogP contribution is -2.34. The maximum Gasteiger partial charge on any atom is 0.264 e. The highest BCUT2D eigenvalue weighted by Crippen LogP contribution is 2.26. The van der Waals surface area contributed by atoms with E-state index >= 15 is 0 Å². The fourth-order valence-electron chi connectivity index (χ4n) is 2.20. The number of para-hydroxylation sites is 1. The molecule has 110 valence electrons. The summed E-state index contributed by atoms with van der Waals surface area (Å²) in [5.74, 6) is 0. The van der Waals surface area contributed by atoms with Gasteiger partial charge in [0.25, 0.3) is 10.0 Å². The number of aryl methyl sites for hydroxylation is 1. The highest BCUT2D eigenvalue weighted by atomic mass is 32.2. The number of anilines is 1. The Hall–Kier alpha value is -1.85. The van der Waals surface area contributed by atoms with E-state index in [2.05, 4.69) is 0 Å². The van der Waals surface area contributed by atoms with Crippen LogP contribution >= 0.6 is 0 Å². The third-order valence-corrected chi connectivity index (χ3v) is 5.18. The molecule has 0 bridgehead atoms. The maximum absolute atomic E-state index is 12.9. The van der Waals surface area contributed by atoms with Gasteiger partial charge < -0.3 is 4.74 Å². The largest absolute Gasteiger partial charge is 0.371 e. The van der Waals surface area contributed by atoms with Gasteiger partial charge in [-0.1, -0.05) is 30.3 Å². The van der Waals surface area contributed by atoms with Crippen molar-refractivity contribution < 1.29 is 13.2 Å². The lowest BCUT2D eigenvalue weighted by atomic mass is 10.2. The molecule has 1 atom stereocenters. The van der Waals surface area contributed by atoms with Crippen molar-refractivity contribution in [1.29, 1.82) is 0 Å². The Labute approximate surface area is 125 Å². The molecule has 0 N–H and O–H groups in total. The van der Waals surface area contributed by atoms with E-state index < -0.39 is 10.0 Å². The highest BCUT2D eigenvalue weighted by molar-refractivity contribution is 7.92. The Morgan fingerprint density at radius 2 is 1.86 bits per heavy atom. The van der Waals surface area contributed by atoms with Gasteiger partial charge in [0.05, 0.1) is 29.8 Å². The average molecular weight is 303 g/mol. The van der Waals surface area contributed by atoms with Crippen molar-refractivity contribution >= 4 is 15.7 Å². The number of rotatable bonds is 5. The van der Waals surface area contributed by atoms with Crippen LogP contribution in [0, 0.1) is 6.92 Å². The van der Waals surface area contributed by atoms with Crippen molar-refractivity contribution in [2.75, 3.05) is 17.5 Å². The first-order valence-electron chi connectivity index (χ1n) is 6.83. The Morgan fingerprint density at radius 1 is 1.14 bits per heavy atom.